The average Bonchev–Trinajstić information content (AvgIpc) is 3.14. The van der Waals surface area contributed by atoms with Crippen molar-refractivity contribution in [1.29, 1.82) is 0 Å². The molecule has 49 heavy (non-hydrogen) atoms. The second-order valence-corrected chi connectivity index (χ2v) is 12.8. The lowest BCUT2D eigenvalue weighted by Gasteiger charge is -2.37. The standard InChI is InChI=1S/C38H41N7O4/c1-28-25-33(36(47)43-23-21-42(22-24-43)30-13-7-3-8-14-30)34-35(39-28)44(38(49)45(37(34)48)31-15-9-4-10-16-31)27-32(46)26-40-17-19-41(20-18-40)29-11-5-2-6-12-29/h2-16,25,32,46H,17-24,26-27H2,1H3. The van der Waals surface area contributed by atoms with E-state index in [4.69, 9.17) is 0 Å². The number of amides is 1. The predicted molar refractivity (Wildman–Crippen MR) is 192 cm³/mol. The van der Waals surface area contributed by atoms with Crippen LogP contribution >= 0.6 is 0 Å². The minimum atomic E-state index is -0.918. The maximum Gasteiger partial charge on any atom is 0.337 e. The molecule has 1 amide bonds. The third-order valence-corrected chi connectivity index (χ3v) is 9.51. The van der Waals surface area contributed by atoms with Crippen molar-refractivity contribution in [2.75, 3.05) is 68.7 Å². The zero-order chi connectivity index (χ0) is 33.9. The number of hydrogen-bond donors (Lipinski definition) is 1. The van der Waals surface area contributed by atoms with Crippen LogP contribution in [0.3, 0.4) is 0 Å². The summed E-state index contributed by atoms with van der Waals surface area (Å²) in [6.07, 6.45) is -0.918. The fourth-order valence-electron chi connectivity index (χ4n) is 6.98. The number of aromatic nitrogens is 3. The Morgan fingerprint density at radius 3 is 1.78 bits per heavy atom. The molecule has 0 radical (unpaired) electrons. The van der Waals surface area contributed by atoms with E-state index in [-0.39, 0.29) is 29.0 Å². The normalized spacial score (nSPS) is 16.2. The van der Waals surface area contributed by atoms with Gasteiger partial charge in [-0.25, -0.2) is 14.3 Å². The largest absolute Gasteiger partial charge is 0.390 e. The third-order valence-electron chi connectivity index (χ3n) is 9.51. The Balaban J connectivity index is 1.19. The average molecular weight is 660 g/mol. The van der Waals surface area contributed by atoms with Crippen LogP contribution in [0, 0.1) is 6.92 Å². The maximum absolute atomic E-state index is 14.3. The summed E-state index contributed by atoms with van der Waals surface area (Å²) in [6, 6.07) is 30.7. The van der Waals surface area contributed by atoms with Crippen LogP contribution in [-0.4, -0.2) is 99.9 Å². The van der Waals surface area contributed by atoms with E-state index in [0.717, 1.165) is 36.4 Å². The Morgan fingerprint density at radius 1 is 0.714 bits per heavy atom. The second-order valence-electron chi connectivity index (χ2n) is 12.8. The summed E-state index contributed by atoms with van der Waals surface area (Å²) in [5.41, 5.74) is 2.29. The van der Waals surface area contributed by atoms with Crippen LogP contribution < -0.4 is 21.0 Å². The lowest BCUT2D eigenvalue weighted by Crippen LogP contribution is -2.50. The Hall–Kier alpha value is -5.26. The van der Waals surface area contributed by atoms with Gasteiger partial charge in [-0.15, -0.1) is 0 Å². The number of aryl methyl sites for hydroxylation is 1. The summed E-state index contributed by atoms with van der Waals surface area (Å²) in [6.45, 7) is 7.48. The van der Waals surface area contributed by atoms with Crippen LogP contribution in [0.2, 0.25) is 0 Å². The van der Waals surface area contributed by atoms with Gasteiger partial charge in [-0.3, -0.25) is 19.1 Å². The van der Waals surface area contributed by atoms with E-state index in [0.29, 0.717) is 44.1 Å². The van der Waals surface area contributed by atoms with E-state index in [9.17, 15) is 19.5 Å². The molecule has 11 nitrogen and oxygen atoms in total. The van der Waals surface area contributed by atoms with E-state index in [1.54, 1.807) is 42.2 Å². The highest BCUT2D eigenvalue weighted by atomic mass is 16.3. The Morgan fingerprint density at radius 2 is 1.22 bits per heavy atom. The molecule has 252 valence electrons. The van der Waals surface area contributed by atoms with Crippen LogP contribution in [0.25, 0.3) is 16.7 Å². The molecule has 2 aliphatic heterocycles. The molecule has 7 rings (SSSR count). The van der Waals surface area contributed by atoms with Crippen molar-refractivity contribution in [1.82, 2.24) is 23.9 Å². The number of fused-ring (bicyclic) bond motifs is 1. The molecule has 11 heteroatoms. The summed E-state index contributed by atoms with van der Waals surface area (Å²) in [5, 5.41) is 11.5. The van der Waals surface area contributed by atoms with E-state index < -0.39 is 17.4 Å². The van der Waals surface area contributed by atoms with Crippen LogP contribution in [0.15, 0.2) is 107 Å². The highest BCUT2D eigenvalue weighted by Gasteiger charge is 2.29. The molecule has 0 saturated carbocycles. The van der Waals surface area contributed by atoms with Crippen molar-refractivity contribution in [3.05, 3.63) is 129 Å². The highest BCUT2D eigenvalue weighted by molar-refractivity contribution is 6.05. The number of carbonyl (C=O) groups excluding carboxylic acids is 1. The van der Waals surface area contributed by atoms with Crippen LogP contribution in [0.5, 0.6) is 0 Å². The number of aliphatic hydroxyl groups excluding tert-OH is 1. The summed E-state index contributed by atoms with van der Waals surface area (Å²) in [5.74, 6) is -0.276. The quantitative estimate of drug-likeness (QED) is 0.271. The Labute approximate surface area is 284 Å². The number of aliphatic hydroxyl groups is 1. The molecule has 1 atom stereocenters. The van der Waals surface area contributed by atoms with Crippen LogP contribution in [0.1, 0.15) is 16.1 Å². The van der Waals surface area contributed by atoms with E-state index >= 15 is 0 Å². The number of para-hydroxylation sites is 3. The number of β-amino-alcohol motifs (C(OH)–C–C–N with tert-alkyl or cyclic N) is 1. The molecule has 0 bridgehead atoms. The number of nitrogens with zero attached hydrogens (tertiary/aromatic N) is 7. The number of benzene rings is 3. The SMILES string of the molecule is Cc1cc(C(=O)N2CCN(c3ccccc3)CC2)c2c(=O)n(-c3ccccc3)c(=O)n(CC(O)CN3CCN(c4ccccc4)CC3)c2n1. The van der Waals surface area contributed by atoms with E-state index in [1.165, 1.54) is 10.3 Å². The van der Waals surface area contributed by atoms with Crippen LogP contribution in [0.4, 0.5) is 11.4 Å². The molecule has 2 aliphatic rings. The van der Waals surface area contributed by atoms with Gasteiger partial charge in [-0.1, -0.05) is 54.6 Å². The van der Waals surface area contributed by atoms with Gasteiger partial charge in [-0.2, -0.15) is 0 Å². The van der Waals surface area contributed by atoms with Gasteiger partial charge >= 0.3 is 5.69 Å². The first-order valence-corrected chi connectivity index (χ1v) is 16.9. The molecule has 4 heterocycles. The zero-order valence-electron chi connectivity index (χ0n) is 27.7. The first-order valence-electron chi connectivity index (χ1n) is 16.9. The smallest absolute Gasteiger partial charge is 0.337 e. The van der Waals surface area contributed by atoms with Crippen molar-refractivity contribution in [2.24, 2.45) is 0 Å². The number of anilines is 2. The molecule has 2 fully saturated rings. The topological polar surface area (TPSA) is 107 Å². The molecule has 2 aromatic heterocycles. The minimum Gasteiger partial charge on any atom is -0.390 e. The minimum absolute atomic E-state index is 0.0771. The number of carbonyl (C=O) groups is 1. The fourth-order valence-corrected chi connectivity index (χ4v) is 6.98. The van der Waals surface area contributed by atoms with Gasteiger partial charge in [0.05, 0.1) is 29.3 Å². The number of rotatable bonds is 8. The molecule has 1 N–H and O–H groups in total. The third kappa shape index (κ3) is 6.72. The van der Waals surface area contributed by atoms with Gasteiger partial charge in [0, 0.05) is 76.0 Å². The second kappa shape index (κ2) is 14.1. The molecule has 2 saturated heterocycles. The lowest BCUT2D eigenvalue weighted by atomic mass is 10.1. The monoisotopic (exact) mass is 659 g/mol. The van der Waals surface area contributed by atoms with Crippen molar-refractivity contribution < 1.29 is 9.90 Å². The van der Waals surface area contributed by atoms with Gasteiger partial charge in [0.2, 0.25) is 0 Å². The number of hydrogen-bond acceptors (Lipinski definition) is 8. The summed E-state index contributed by atoms with van der Waals surface area (Å²) in [7, 11) is 0. The molecule has 3 aromatic carbocycles. The van der Waals surface area contributed by atoms with Crippen molar-refractivity contribution in [2.45, 2.75) is 19.6 Å². The highest BCUT2D eigenvalue weighted by Crippen LogP contribution is 2.21. The number of piperazine rings is 2. The van der Waals surface area contributed by atoms with Crippen molar-refractivity contribution in [3.8, 4) is 5.69 Å². The maximum atomic E-state index is 14.3. The molecule has 5 aromatic rings. The van der Waals surface area contributed by atoms with Gasteiger partial charge in [0.1, 0.15) is 0 Å². The van der Waals surface area contributed by atoms with Gasteiger partial charge in [-0.05, 0) is 49.4 Å². The Kier molecular flexibility index (Phi) is 9.28. The molecule has 0 aliphatic carbocycles. The molecular weight excluding hydrogens is 618 g/mol. The summed E-state index contributed by atoms with van der Waals surface area (Å²) in [4.78, 5) is 55.8. The molecular formula is C38H41N7O4. The van der Waals surface area contributed by atoms with Crippen molar-refractivity contribution in [3.63, 3.8) is 0 Å². The Bertz CT molecular complexity index is 2030. The fraction of sp³-hybridized carbons (Fsp3) is 0.316. The first kappa shape index (κ1) is 32.3. The number of pyridine rings is 1. The summed E-state index contributed by atoms with van der Waals surface area (Å²) >= 11 is 0. The van der Waals surface area contributed by atoms with Crippen molar-refractivity contribution >= 4 is 28.3 Å². The first-order chi connectivity index (χ1) is 23.9. The predicted octanol–water partition coefficient (Wildman–Crippen LogP) is 3.00. The molecule has 1 unspecified atom stereocenters. The van der Waals surface area contributed by atoms with Gasteiger partial charge in [0.25, 0.3) is 11.5 Å². The summed E-state index contributed by atoms with van der Waals surface area (Å²) < 4.78 is 2.46. The van der Waals surface area contributed by atoms with E-state index in [1.807, 2.05) is 42.5 Å². The molecule has 0 spiro atoms. The van der Waals surface area contributed by atoms with E-state index in [2.05, 4.69) is 43.9 Å². The zero-order valence-corrected chi connectivity index (χ0v) is 27.7. The van der Waals surface area contributed by atoms with Gasteiger partial charge in [0.15, 0.2) is 5.65 Å². The van der Waals surface area contributed by atoms with Crippen LogP contribution in [-0.2, 0) is 6.54 Å². The van der Waals surface area contributed by atoms with Gasteiger partial charge < -0.3 is 19.8 Å². The lowest BCUT2D eigenvalue weighted by molar-refractivity contribution is 0.0748.